The molecule has 3 aromatic carbocycles. The zero-order valence-electron chi connectivity index (χ0n) is 28.0. The zero-order valence-corrected chi connectivity index (χ0v) is 32.0. The Balaban J connectivity index is 2.75. The molecule has 0 amide bonds. The zero-order chi connectivity index (χ0) is 30.1. The van der Waals surface area contributed by atoms with Crippen LogP contribution in [0.3, 0.4) is 0 Å². The minimum absolute atomic E-state index is 0.490. The van der Waals surface area contributed by atoms with Crippen LogP contribution >= 0.6 is 0 Å². The van der Waals surface area contributed by atoms with Crippen LogP contribution < -0.4 is 5.19 Å². The maximum Gasteiger partial charge on any atom is 0.0629 e. The molecule has 3 aromatic rings. The number of hydrogen-bond acceptors (Lipinski definition) is 0. The van der Waals surface area contributed by atoms with Gasteiger partial charge in [0.25, 0.3) is 0 Å². The number of hydrogen-bond donors (Lipinski definition) is 0. The Morgan fingerprint density at radius 1 is 0.425 bits per heavy atom. The third-order valence-corrected chi connectivity index (χ3v) is 57.5. The Bertz CT molecular complexity index is 1140. The fourth-order valence-corrected chi connectivity index (χ4v) is 56.0. The van der Waals surface area contributed by atoms with Gasteiger partial charge in [-0.05, 0) is 68.2 Å². The number of benzene rings is 3. The molecule has 0 bridgehead atoms. The van der Waals surface area contributed by atoms with Crippen LogP contribution in [0.2, 0.25) is 39.3 Å². The van der Waals surface area contributed by atoms with Crippen LogP contribution in [0.1, 0.15) is 101 Å². The topological polar surface area (TPSA) is 0 Å². The monoisotopic (exact) mass is 599 g/mol. The van der Waals surface area contributed by atoms with Gasteiger partial charge in [0, 0.05) is 24.9 Å². The first-order valence-electron chi connectivity index (χ1n) is 15.5. The van der Waals surface area contributed by atoms with E-state index in [4.69, 9.17) is 0 Å². The lowest BCUT2D eigenvalue weighted by molar-refractivity contribution is 0.837. The lowest BCUT2D eigenvalue weighted by Crippen LogP contribution is -2.75. The maximum atomic E-state index is 2.68. The summed E-state index contributed by atoms with van der Waals surface area (Å²) in [6, 6.07) is 21.8. The highest BCUT2D eigenvalue weighted by Crippen LogP contribution is 2.42. The first-order valence-corrected chi connectivity index (χ1v) is 28.0. The smallest absolute Gasteiger partial charge is 0.0629 e. The molecule has 0 unspecified atom stereocenters. The third kappa shape index (κ3) is 5.88. The van der Waals surface area contributed by atoms with E-state index in [1.54, 1.807) is 22.3 Å². The van der Waals surface area contributed by atoms with Gasteiger partial charge in [-0.15, -0.1) is 0 Å². The van der Waals surface area contributed by atoms with Crippen molar-refractivity contribution >= 4 is 36.8 Å². The fourth-order valence-electron chi connectivity index (χ4n) is 7.35. The lowest BCUT2D eigenvalue weighted by atomic mass is 9.82. The Morgan fingerprint density at radius 3 is 0.900 bits per heavy atom. The van der Waals surface area contributed by atoms with Gasteiger partial charge >= 0.3 is 0 Å². The normalized spacial score (nSPS) is 12.8. The first kappa shape index (κ1) is 33.0. The molecule has 3 rings (SSSR count). The summed E-state index contributed by atoms with van der Waals surface area (Å²) in [4.78, 5) is 0. The van der Waals surface area contributed by atoms with Gasteiger partial charge in [0.2, 0.25) is 0 Å². The Kier molecular flexibility index (Phi) is 10.9. The molecule has 3 radical (unpaired) electrons. The van der Waals surface area contributed by atoms with Crippen molar-refractivity contribution < 1.29 is 0 Å². The molecule has 0 nitrogen and oxygen atoms in total. The fraction of sp³-hybridized carbons (Fsp3) is 0.500. The molecule has 0 atom stereocenters. The van der Waals surface area contributed by atoms with Crippen molar-refractivity contribution in [3.05, 3.63) is 76.9 Å². The van der Waals surface area contributed by atoms with Crippen LogP contribution in [0, 0.1) is 0 Å². The Hall–Kier alpha value is -1.47. The number of rotatable bonds is 10. The van der Waals surface area contributed by atoms with E-state index in [1.807, 2.05) is 5.19 Å². The molecular formula is C36H55Si4. The highest BCUT2D eigenvalue weighted by atomic mass is 29.9. The SMILES string of the molecule is CC(C)c1cccc(C(C)C)c1-c1cccc(-c2c(C(C)C)cccc2C(C)C)c1[Si]([Si](C)C)([Si](C)C)[Si](C)C. The van der Waals surface area contributed by atoms with Gasteiger partial charge in [-0.2, -0.15) is 0 Å². The second-order valence-corrected chi connectivity index (χ2v) is 42.0. The molecule has 0 saturated carbocycles. The second kappa shape index (κ2) is 13.2. The molecule has 0 aliphatic heterocycles. The van der Waals surface area contributed by atoms with Gasteiger partial charge in [0.15, 0.2) is 0 Å². The van der Waals surface area contributed by atoms with E-state index >= 15 is 0 Å². The molecule has 0 saturated heterocycles. The van der Waals surface area contributed by atoms with Gasteiger partial charge < -0.3 is 0 Å². The summed E-state index contributed by atoms with van der Waals surface area (Å²) >= 11 is 0. The summed E-state index contributed by atoms with van der Waals surface area (Å²) in [5, 5.41) is 1.84. The summed E-state index contributed by atoms with van der Waals surface area (Å²) in [5.41, 5.74) is 12.4. The molecule has 40 heavy (non-hydrogen) atoms. The van der Waals surface area contributed by atoms with Crippen LogP contribution in [-0.4, -0.2) is 31.6 Å². The summed E-state index contributed by atoms with van der Waals surface area (Å²) < 4.78 is 0. The van der Waals surface area contributed by atoms with E-state index in [2.05, 4.69) is 149 Å². The van der Waals surface area contributed by atoms with E-state index in [-0.39, 0.29) is 0 Å². The van der Waals surface area contributed by atoms with E-state index in [0.717, 1.165) is 0 Å². The molecule has 0 N–H and O–H groups in total. The standard InChI is InChI=1S/C36H55Si4/c1-24(2)28-18-15-19-29(25(3)4)34(28)32-22-17-23-33(36(32)40(37(9)10,38(11)12)39(13)14)35-30(26(5)6)20-16-21-31(35)27(7)8/h15-27H,1-14H3. The van der Waals surface area contributed by atoms with Gasteiger partial charge in [-0.25, -0.2) is 0 Å². The van der Waals surface area contributed by atoms with Crippen molar-refractivity contribution in [2.45, 2.75) is 118 Å². The molecule has 0 aliphatic rings. The predicted molar refractivity (Wildman–Crippen MR) is 192 cm³/mol. The maximum absolute atomic E-state index is 2.68. The Morgan fingerprint density at radius 2 is 0.675 bits per heavy atom. The molecule has 4 heteroatoms. The minimum atomic E-state index is -1.78. The summed E-state index contributed by atoms with van der Waals surface area (Å²) in [7, 11) is -1.63. The first-order chi connectivity index (χ1) is 18.7. The van der Waals surface area contributed by atoms with E-state index in [9.17, 15) is 0 Å². The molecule has 0 aromatic heterocycles. The van der Waals surface area contributed by atoms with Crippen LogP contribution in [0.4, 0.5) is 0 Å². The molecule has 0 fully saturated rings. The van der Waals surface area contributed by atoms with Gasteiger partial charge in [0.05, 0.1) is 6.63 Å². The van der Waals surface area contributed by atoms with E-state index < -0.39 is 31.6 Å². The second-order valence-electron chi connectivity index (χ2n) is 13.7. The highest BCUT2D eigenvalue weighted by molar-refractivity contribution is 7.83. The van der Waals surface area contributed by atoms with Gasteiger partial charge in [0.1, 0.15) is 0 Å². The average Bonchev–Trinajstić information content (AvgIpc) is 2.87. The molecule has 215 valence electrons. The average molecular weight is 600 g/mol. The van der Waals surface area contributed by atoms with Crippen LogP contribution in [-0.2, 0) is 0 Å². The molecule has 0 spiro atoms. The van der Waals surface area contributed by atoms with E-state index in [0.29, 0.717) is 23.7 Å². The summed E-state index contributed by atoms with van der Waals surface area (Å²) in [6.45, 7) is 33.4. The minimum Gasteiger partial charge on any atom is -0.0734 e. The van der Waals surface area contributed by atoms with Crippen molar-refractivity contribution in [3.63, 3.8) is 0 Å². The van der Waals surface area contributed by atoms with Crippen LogP contribution in [0.25, 0.3) is 22.3 Å². The van der Waals surface area contributed by atoms with Crippen molar-refractivity contribution in [2.75, 3.05) is 0 Å². The van der Waals surface area contributed by atoms with Crippen molar-refractivity contribution in [3.8, 4) is 22.3 Å². The van der Waals surface area contributed by atoms with Crippen LogP contribution in [0.15, 0.2) is 54.6 Å². The molecule has 0 heterocycles. The van der Waals surface area contributed by atoms with Crippen molar-refractivity contribution in [2.24, 2.45) is 0 Å². The molecular weight excluding hydrogens is 545 g/mol. The highest BCUT2D eigenvalue weighted by Gasteiger charge is 2.49. The van der Waals surface area contributed by atoms with Gasteiger partial charge in [-0.1, -0.05) is 154 Å². The lowest BCUT2D eigenvalue weighted by Gasteiger charge is -2.45. The van der Waals surface area contributed by atoms with Crippen molar-refractivity contribution in [1.82, 2.24) is 0 Å². The van der Waals surface area contributed by atoms with E-state index in [1.165, 1.54) is 22.3 Å². The quantitative estimate of drug-likeness (QED) is 0.203. The molecule has 0 aliphatic carbocycles. The van der Waals surface area contributed by atoms with Crippen LogP contribution in [0.5, 0.6) is 0 Å². The van der Waals surface area contributed by atoms with Crippen molar-refractivity contribution in [1.29, 1.82) is 0 Å². The Labute approximate surface area is 253 Å². The summed E-state index contributed by atoms with van der Waals surface area (Å²) in [5.74, 6) is 1.96. The predicted octanol–water partition coefficient (Wildman–Crippen LogP) is 10.7. The largest absolute Gasteiger partial charge is 0.0734 e. The summed E-state index contributed by atoms with van der Waals surface area (Å²) in [6.07, 6.45) is 0. The third-order valence-electron chi connectivity index (χ3n) is 8.97. The van der Waals surface area contributed by atoms with Gasteiger partial charge in [-0.3, -0.25) is 0 Å².